The van der Waals surface area contributed by atoms with Crippen molar-refractivity contribution >= 4 is 39.0 Å². The maximum absolute atomic E-state index is 12.8. The lowest BCUT2D eigenvalue weighted by atomic mass is 10.1. The number of halogens is 1. The molecule has 2 N–H and O–H groups in total. The second kappa shape index (κ2) is 7.53. The van der Waals surface area contributed by atoms with E-state index in [1.54, 1.807) is 18.2 Å². The Bertz CT molecular complexity index is 927. The molecule has 3 rings (SSSR count). The van der Waals surface area contributed by atoms with E-state index in [-0.39, 0.29) is 21.2 Å². The summed E-state index contributed by atoms with van der Waals surface area (Å²) in [6, 6.07) is 10.4. The highest BCUT2D eigenvalue weighted by molar-refractivity contribution is 7.92. The van der Waals surface area contributed by atoms with Crippen LogP contribution in [-0.2, 0) is 14.8 Å². The Labute approximate surface area is 156 Å². The van der Waals surface area contributed by atoms with Crippen LogP contribution in [0, 0.1) is 0 Å². The molecule has 0 unspecified atom stereocenters. The number of rotatable bonds is 5. The first-order valence-corrected chi connectivity index (χ1v) is 9.72. The molecule has 1 saturated heterocycles. The fourth-order valence-corrected chi connectivity index (χ4v) is 4.28. The summed E-state index contributed by atoms with van der Waals surface area (Å²) in [5.74, 6) is -1.14. The van der Waals surface area contributed by atoms with Crippen LogP contribution in [0.15, 0.2) is 47.4 Å². The molecule has 9 heteroatoms. The molecule has 1 aliphatic heterocycles. The minimum atomic E-state index is -3.98. The van der Waals surface area contributed by atoms with Crippen LogP contribution in [0.1, 0.15) is 10.4 Å². The van der Waals surface area contributed by atoms with Crippen molar-refractivity contribution in [2.75, 3.05) is 35.9 Å². The van der Waals surface area contributed by atoms with Gasteiger partial charge in [-0.25, -0.2) is 13.2 Å². The lowest BCUT2D eigenvalue weighted by Gasteiger charge is -2.30. The molecule has 0 amide bonds. The quantitative estimate of drug-likeness (QED) is 0.806. The van der Waals surface area contributed by atoms with E-state index in [9.17, 15) is 18.3 Å². The second-order valence-corrected chi connectivity index (χ2v) is 7.73. The van der Waals surface area contributed by atoms with E-state index in [4.69, 9.17) is 16.3 Å². The first kappa shape index (κ1) is 18.5. The molecule has 138 valence electrons. The highest BCUT2D eigenvalue weighted by atomic mass is 35.5. The summed E-state index contributed by atoms with van der Waals surface area (Å²) in [6.07, 6.45) is 0. The molecule has 0 bridgehead atoms. The van der Waals surface area contributed by atoms with Gasteiger partial charge in [-0.05, 0) is 30.3 Å². The first-order valence-electron chi connectivity index (χ1n) is 7.86. The number of nitrogens with one attached hydrogen (secondary N) is 1. The van der Waals surface area contributed by atoms with Gasteiger partial charge in [-0.3, -0.25) is 4.72 Å². The molecule has 0 spiro atoms. The number of sulfonamides is 1. The van der Waals surface area contributed by atoms with E-state index in [0.717, 1.165) is 0 Å². The summed E-state index contributed by atoms with van der Waals surface area (Å²) in [4.78, 5) is 13.2. The predicted molar refractivity (Wildman–Crippen MR) is 98.7 cm³/mol. The Hall–Kier alpha value is -2.29. The Morgan fingerprint density at radius 2 is 1.85 bits per heavy atom. The largest absolute Gasteiger partial charge is 0.478 e. The lowest BCUT2D eigenvalue weighted by Crippen LogP contribution is -2.36. The molecule has 0 saturated carbocycles. The number of carboxylic acids is 1. The molecule has 2 aromatic rings. The summed E-state index contributed by atoms with van der Waals surface area (Å²) in [7, 11) is -3.98. The maximum Gasteiger partial charge on any atom is 0.335 e. The summed E-state index contributed by atoms with van der Waals surface area (Å²) < 4.78 is 33.3. The smallest absolute Gasteiger partial charge is 0.335 e. The van der Waals surface area contributed by atoms with E-state index in [0.29, 0.717) is 32.0 Å². The van der Waals surface area contributed by atoms with E-state index in [2.05, 4.69) is 4.72 Å². The van der Waals surface area contributed by atoms with Crippen LogP contribution in [0.3, 0.4) is 0 Å². The van der Waals surface area contributed by atoms with Gasteiger partial charge in [0.1, 0.15) is 4.90 Å². The number of nitrogens with zero attached hydrogens (tertiary/aromatic N) is 1. The van der Waals surface area contributed by atoms with Gasteiger partial charge in [-0.15, -0.1) is 0 Å². The summed E-state index contributed by atoms with van der Waals surface area (Å²) in [6.45, 7) is 2.18. The molecular weight excluding hydrogens is 380 g/mol. The third kappa shape index (κ3) is 3.92. The number of carbonyl (C=O) groups is 1. The van der Waals surface area contributed by atoms with Gasteiger partial charge < -0.3 is 14.7 Å². The zero-order chi connectivity index (χ0) is 18.7. The van der Waals surface area contributed by atoms with Gasteiger partial charge in [0.25, 0.3) is 10.0 Å². The SMILES string of the molecule is O=C(O)c1ccc(N2CCOCC2)c(NS(=O)(=O)c2ccccc2Cl)c1. The Morgan fingerprint density at radius 3 is 2.50 bits per heavy atom. The molecule has 0 aliphatic carbocycles. The molecular formula is C17H17ClN2O5S. The van der Waals surface area contributed by atoms with Crippen molar-refractivity contribution in [1.29, 1.82) is 0 Å². The van der Waals surface area contributed by atoms with Crippen molar-refractivity contribution in [1.82, 2.24) is 0 Å². The molecule has 1 heterocycles. The number of ether oxygens (including phenoxy) is 1. The van der Waals surface area contributed by atoms with Crippen molar-refractivity contribution in [3.05, 3.63) is 53.1 Å². The molecule has 1 aliphatic rings. The number of carboxylic acid groups (broad SMARTS) is 1. The van der Waals surface area contributed by atoms with Crippen LogP contribution in [-0.4, -0.2) is 45.8 Å². The Morgan fingerprint density at radius 1 is 1.15 bits per heavy atom. The zero-order valence-electron chi connectivity index (χ0n) is 13.7. The van der Waals surface area contributed by atoms with Gasteiger partial charge in [-0.1, -0.05) is 23.7 Å². The number of hydrogen-bond acceptors (Lipinski definition) is 5. The lowest BCUT2D eigenvalue weighted by molar-refractivity contribution is 0.0697. The van der Waals surface area contributed by atoms with Crippen LogP contribution < -0.4 is 9.62 Å². The van der Waals surface area contributed by atoms with Crippen molar-refractivity contribution in [2.45, 2.75) is 4.90 Å². The molecule has 2 aromatic carbocycles. The summed E-state index contributed by atoms with van der Waals surface area (Å²) in [5, 5.41) is 9.32. The molecule has 7 nitrogen and oxygen atoms in total. The van der Waals surface area contributed by atoms with Gasteiger partial charge >= 0.3 is 5.97 Å². The third-order valence-electron chi connectivity index (χ3n) is 3.97. The minimum Gasteiger partial charge on any atom is -0.478 e. The molecule has 0 aromatic heterocycles. The Kier molecular flexibility index (Phi) is 5.36. The van der Waals surface area contributed by atoms with Crippen molar-refractivity contribution in [3.8, 4) is 0 Å². The van der Waals surface area contributed by atoms with Crippen molar-refractivity contribution in [2.24, 2.45) is 0 Å². The van der Waals surface area contributed by atoms with Crippen LogP contribution in [0.2, 0.25) is 5.02 Å². The number of hydrogen-bond donors (Lipinski definition) is 2. The zero-order valence-corrected chi connectivity index (χ0v) is 15.3. The van der Waals surface area contributed by atoms with Crippen LogP contribution >= 0.6 is 11.6 Å². The standard InChI is InChI=1S/C17H17ClN2O5S/c18-13-3-1-2-4-16(13)26(23,24)19-14-11-12(17(21)22)5-6-15(14)20-7-9-25-10-8-20/h1-6,11,19H,7-10H2,(H,21,22). The van der Waals surface area contributed by atoms with E-state index in [1.165, 1.54) is 24.3 Å². The van der Waals surface area contributed by atoms with Gasteiger partial charge in [0.15, 0.2) is 0 Å². The van der Waals surface area contributed by atoms with E-state index >= 15 is 0 Å². The average molecular weight is 397 g/mol. The van der Waals surface area contributed by atoms with Crippen LogP contribution in [0.25, 0.3) is 0 Å². The molecule has 0 radical (unpaired) electrons. The number of anilines is 2. The van der Waals surface area contributed by atoms with Gasteiger partial charge in [0.05, 0.1) is 35.2 Å². The monoisotopic (exact) mass is 396 g/mol. The number of morpholine rings is 1. The van der Waals surface area contributed by atoms with Crippen LogP contribution in [0.5, 0.6) is 0 Å². The predicted octanol–water partition coefficient (Wildman–Crippen LogP) is 2.68. The van der Waals surface area contributed by atoms with Gasteiger partial charge in [0.2, 0.25) is 0 Å². The highest BCUT2D eigenvalue weighted by Gasteiger charge is 2.22. The number of aromatic carboxylic acids is 1. The third-order valence-corrected chi connectivity index (χ3v) is 5.83. The fourth-order valence-electron chi connectivity index (χ4n) is 2.69. The van der Waals surface area contributed by atoms with Crippen molar-refractivity contribution < 1.29 is 23.1 Å². The topological polar surface area (TPSA) is 95.9 Å². The average Bonchev–Trinajstić information content (AvgIpc) is 2.62. The minimum absolute atomic E-state index is 0.0149. The summed E-state index contributed by atoms with van der Waals surface area (Å²) >= 11 is 6.00. The molecule has 1 fully saturated rings. The van der Waals surface area contributed by atoms with Gasteiger partial charge in [-0.2, -0.15) is 0 Å². The molecule has 26 heavy (non-hydrogen) atoms. The Balaban J connectivity index is 2.02. The normalized spacial score (nSPS) is 14.9. The summed E-state index contributed by atoms with van der Waals surface area (Å²) in [5.41, 5.74) is 0.763. The maximum atomic E-state index is 12.8. The second-order valence-electron chi connectivity index (χ2n) is 5.67. The van der Waals surface area contributed by atoms with E-state index < -0.39 is 16.0 Å². The first-order chi connectivity index (χ1) is 12.4. The van der Waals surface area contributed by atoms with E-state index in [1.807, 2.05) is 4.90 Å². The fraction of sp³-hybridized carbons (Fsp3) is 0.235. The van der Waals surface area contributed by atoms with Crippen molar-refractivity contribution in [3.63, 3.8) is 0 Å². The number of benzene rings is 2. The highest BCUT2D eigenvalue weighted by Crippen LogP contribution is 2.31. The van der Waals surface area contributed by atoms with Crippen LogP contribution in [0.4, 0.5) is 11.4 Å². The van der Waals surface area contributed by atoms with Gasteiger partial charge in [0, 0.05) is 13.1 Å². The molecule has 0 atom stereocenters.